The van der Waals surface area contributed by atoms with Crippen LogP contribution in [0, 0.1) is 0 Å². The molecule has 0 bridgehead atoms. The van der Waals surface area contributed by atoms with Gasteiger partial charge in [0.15, 0.2) is 5.96 Å². The van der Waals surface area contributed by atoms with Crippen LogP contribution in [0.25, 0.3) is 0 Å². The maximum Gasteiger partial charge on any atom is 0.243 e. The highest BCUT2D eigenvalue weighted by Gasteiger charge is 2.19. The van der Waals surface area contributed by atoms with Gasteiger partial charge in [0, 0.05) is 26.7 Å². The number of benzene rings is 1. The smallest absolute Gasteiger partial charge is 0.243 e. The molecule has 23 heavy (non-hydrogen) atoms. The number of carbonyl (C=O) groups excluding carboxylic acids is 1. The molecule has 5 heteroatoms. The summed E-state index contributed by atoms with van der Waals surface area (Å²) in [6.45, 7) is 4.47. The Bertz CT molecular complexity index is 580. The Morgan fingerprint density at radius 3 is 2.83 bits per heavy atom. The first kappa shape index (κ1) is 17.1. The zero-order chi connectivity index (χ0) is 16.7. The van der Waals surface area contributed by atoms with Crippen molar-refractivity contribution in [1.82, 2.24) is 15.5 Å². The SMILES string of the molecule is C=CCNC(=NCC(=O)N(C)C)NC1CCc2ccccc2C1. The average molecular weight is 314 g/mol. The molecule has 0 aliphatic heterocycles. The Morgan fingerprint density at radius 1 is 1.39 bits per heavy atom. The van der Waals surface area contributed by atoms with Crippen LogP contribution in [0.3, 0.4) is 0 Å². The van der Waals surface area contributed by atoms with E-state index in [4.69, 9.17) is 0 Å². The second-order valence-corrected chi connectivity index (χ2v) is 5.98. The van der Waals surface area contributed by atoms with Gasteiger partial charge < -0.3 is 15.5 Å². The van der Waals surface area contributed by atoms with Crippen LogP contribution in [0.1, 0.15) is 17.5 Å². The molecule has 0 aromatic heterocycles. The molecular weight excluding hydrogens is 288 g/mol. The Hall–Kier alpha value is -2.30. The van der Waals surface area contributed by atoms with E-state index < -0.39 is 0 Å². The molecule has 1 atom stereocenters. The minimum atomic E-state index is -0.0151. The number of hydrogen-bond acceptors (Lipinski definition) is 2. The van der Waals surface area contributed by atoms with Crippen molar-refractivity contribution in [2.45, 2.75) is 25.3 Å². The number of hydrogen-bond donors (Lipinski definition) is 2. The van der Waals surface area contributed by atoms with E-state index in [-0.39, 0.29) is 12.5 Å². The molecule has 1 aromatic rings. The van der Waals surface area contributed by atoms with Gasteiger partial charge in [-0.25, -0.2) is 4.99 Å². The number of nitrogens with one attached hydrogen (secondary N) is 2. The quantitative estimate of drug-likeness (QED) is 0.490. The lowest BCUT2D eigenvalue weighted by molar-refractivity contribution is -0.127. The first-order valence-corrected chi connectivity index (χ1v) is 8.03. The fourth-order valence-electron chi connectivity index (χ4n) is 2.62. The van der Waals surface area contributed by atoms with Crippen molar-refractivity contribution in [3.8, 4) is 0 Å². The van der Waals surface area contributed by atoms with Gasteiger partial charge in [0.1, 0.15) is 6.54 Å². The molecule has 0 saturated heterocycles. The van der Waals surface area contributed by atoms with Crippen molar-refractivity contribution in [2.24, 2.45) is 4.99 Å². The van der Waals surface area contributed by atoms with Gasteiger partial charge in [-0.1, -0.05) is 30.3 Å². The summed E-state index contributed by atoms with van der Waals surface area (Å²) < 4.78 is 0. The molecule has 1 aliphatic carbocycles. The Morgan fingerprint density at radius 2 is 2.13 bits per heavy atom. The van der Waals surface area contributed by atoms with Crippen molar-refractivity contribution in [1.29, 1.82) is 0 Å². The summed E-state index contributed by atoms with van der Waals surface area (Å²) in [7, 11) is 3.47. The van der Waals surface area contributed by atoms with E-state index in [0.29, 0.717) is 18.5 Å². The maximum absolute atomic E-state index is 11.7. The predicted molar refractivity (Wildman–Crippen MR) is 94.6 cm³/mol. The molecule has 1 aliphatic rings. The number of aliphatic imine (C=N–C) groups is 1. The van der Waals surface area contributed by atoms with Crippen LogP contribution in [0.5, 0.6) is 0 Å². The number of carbonyl (C=O) groups is 1. The third kappa shape index (κ3) is 5.13. The molecule has 0 heterocycles. The van der Waals surface area contributed by atoms with Crippen LogP contribution in [0.4, 0.5) is 0 Å². The molecule has 1 amide bonds. The minimum absolute atomic E-state index is 0.0151. The highest BCUT2D eigenvalue weighted by Crippen LogP contribution is 2.20. The maximum atomic E-state index is 11.7. The third-order valence-corrected chi connectivity index (χ3v) is 3.97. The van der Waals surface area contributed by atoms with Crippen molar-refractivity contribution in [2.75, 3.05) is 27.2 Å². The van der Waals surface area contributed by atoms with Crippen LogP contribution in [0.2, 0.25) is 0 Å². The van der Waals surface area contributed by atoms with Crippen molar-refractivity contribution < 1.29 is 4.79 Å². The Kier molecular flexibility index (Phi) is 6.20. The summed E-state index contributed by atoms with van der Waals surface area (Å²) in [4.78, 5) is 17.7. The molecule has 0 saturated carbocycles. The van der Waals surface area contributed by atoms with Crippen LogP contribution in [-0.2, 0) is 17.6 Å². The predicted octanol–water partition coefficient (Wildman–Crippen LogP) is 1.35. The van der Waals surface area contributed by atoms with Gasteiger partial charge >= 0.3 is 0 Å². The van der Waals surface area contributed by atoms with E-state index >= 15 is 0 Å². The normalized spacial score (nSPS) is 17.1. The lowest BCUT2D eigenvalue weighted by Crippen LogP contribution is -2.46. The highest BCUT2D eigenvalue weighted by molar-refractivity contribution is 5.85. The molecule has 0 radical (unpaired) electrons. The van der Waals surface area contributed by atoms with Gasteiger partial charge in [0.25, 0.3) is 0 Å². The lowest BCUT2D eigenvalue weighted by atomic mass is 9.88. The van der Waals surface area contributed by atoms with Crippen molar-refractivity contribution >= 4 is 11.9 Å². The zero-order valence-electron chi connectivity index (χ0n) is 14.0. The van der Waals surface area contributed by atoms with Gasteiger partial charge in [-0.2, -0.15) is 0 Å². The van der Waals surface area contributed by atoms with Gasteiger partial charge in [-0.05, 0) is 30.4 Å². The average Bonchev–Trinajstić information content (AvgIpc) is 2.56. The number of aryl methyl sites for hydroxylation is 1. The monoisotopic (exact) mass is 314 g/mol. The van der Waals surface area contributed by atoms with Crippen LogP contribution in [0.15, 0.2) is 41.9 Å². The Labute approximate surface area is 138 Å². The number of fused-ring (bicyclic) bond motifs is 1. The summed E-state index contributed by atoms with van der Waals surface area (Å²) >= 11 is 0. The summed E-state index contributed by atoms with van der Waals surface area (Å²) in [6, 6.07) is 8.90. The van der Waals surface area contributed by atoms with E-state index in [1.165, 1.54) is 11.1 Å². The van der Waals surface area contributed by atoms with Gasteiger partial charge in [0.2, 0.25) is 5.91 Å². The largest absolute Gasteiger partial charge is 0.353 e. The van der Waals surface area contributed by atoms with Crippen molar-refractivity contribution in [3.63, 3.8) is 0 Å². The number of likely N-dealkylation sites (N-methyl/N-ethyl adjacent to an activating group) is 1. The van der Waals surface area contributed by atoms with E-state index in [0.717, 1.165) is 19.3 Å². The minimum Gasteiger partial charge on any atom is -0.353 e. The molecule has 2 N–H and O–H groups in total. The zero-order valence-corrected chi connectivity index (χ0v) is 14.0. The summed E-state index contributed by atoms with van der Waals surface area (Å²) in [5, 5.41) is 6.63. The van der Waals surface area contributed by atoms with E-state index in [9.17, 15) is 4.79 Å². The number of nitrogens with zero attached hydrogens (tertiary/aromatic N) is 2. The molecule has 1 aromatic carbocycles. The first-order chi connectivity index (χ1) is 11.1. The summed E-state index contributed by atoms with van der Waals surface area (Å²) in [6.07, 6.45) is 4.89. The Balaban J connectivity index is 1.99. The molecular formula is C18H26N4O. The summed E-state index contributed by atoms with van der Waals surface area (Å²) in [5.74, 6) is 0.656. The van der Waals surface area contributed by atoms with Crippen LogP contribution < -0.4 is 10.6 Å². The summed E-state index contributed by atoms with van der Waals surface area (Å²) in [5.41, 5.74) is 2.83. The molecule has 1 unspecified atom stereocenters. The van der Waals surface area contributed by atoms with E-state index in [1.54, 1.807) is 25.1 Å². The second kappa shape index (κ2) is 8.36. The van der Waals surface area contributed by atoms with Gasteiger partial charge in [-0.15, -0.1) is 6.58 Å². The number of amides is 1. The molecule has 2 rings (SSSR count). The number of rotatable bonds is 5. The molecule has 0 spiro atoms. The standard InChI is InChI=1S/C18H26N4O/c1-4-11-19-18(20-13-17(23)22(2)3)21-16-10-9-14-7-5-6-8-15(14)12-16/h4-8,16H,1,9-13H2,2-3H3,(H2,19,20,21). The fraction of sp³-hybridized carbons (Fsp3) is 0.444. The molecule has 124 valence electrons. The van der Waals surface area contributed by atoms with E-state index in [2.05, 4.69) is 46.5 Å². The van der Waals surface area contributed by atoms with Gasteiger partial charge in [-0.3, -0.25) is 4.79 Å². The first-order valence-electron chi connectivity index (χ1n) is 8.03. The third-order valence-electron chi connectivity index (χ3n) is 3.97. The van der Waals surface area contributed by atoms with Gasteiger partial charge in [0.05, 0.1) is 0 Å². The second-order valence-electron chi connectivity index (χ2n) is 5.98. The van der Waals surface area contributed by atoms with Crippen LogP contribution in [-0.4, -0.2) is 50.0 Å². The molecule has 0 fully saturated rings. The fourth-order valence-corrected chi connectivity index (χ4v) is 2.62. The highest BCUT2D eigenvalue weighted by atomic mass is 16.2. The van der Waals surface area contributed by atoms with Crippen molar-refractivity contribution in [3.05, 3.63) is 48.0 Å². The van der Waals surface area contributed by atoms with Crippen LogP contribution >= 0.6 is 0 Å². The molecule has 5 nitrogen and oxygen atoms in total. The topological polar surface area (TPSA) is 56.7 Å². The number of guanidine groups is 1. The lowest BCUT2D eigenvalue weighted by Gasteiger charge is -2.27. The van der Waals surface area contributed by atoms with E-state index in [1.807, 2.05) is 0 Å².